The number of phenolic OH excluding ortho intramolecular Hbond substituents is 1. The van der Waals surface area contributed by atoms with Gasteiger partial charge in [0.25, 0.3) is 0 Å². The number of hydrogen-bond acceptors (Lipinski definition) is 4. The van der Waals surface area contributed by atoms with Crippen LogP contribution in [0, 0.1) is 11.3 Å². The molecule has 3 atom stereocenters. The lowest BCUT2D eigenvalue weighted by Crippen LogP contribution is -2.62. The van der Waals surface area contributed by atoms with E-state index in [1.807, 2.05) is 12.1 Å². The molecule has 0 unspecified atom stereocenters. The van der Waals surface area contributed by atoms with E-state index >= 15 is 0 Å². The van der Waals surface area contributed by atoms with Crippen LogP contribution in [-0.4, -0.2) is 66.2 Å². The molecule has 4 aliphatic heterocycles. The number of amides is 1. The van der Waals surface area contributed by atoms with E-state index in [9.17, 15) is 9.90 Å². The summed E-state index contributed by atoms with van der Waals surface area (Å²) in [5.41, 5.74) is 0.876. The van der Waals surface area contributed by atoms with Gasteiger partial charge in [0.15, 0.2) is 0 Å². The van der Waals surface area contributed by atoms with Gasteiger partial charge in [-0.3, -0.25) is 9.69 Å². The topological polar surface area (TPSA) is 53.0 Å². The number of methoxy groups -OCH3 is 1. The Morgan fingerprint density at radius 1 is 1.26 bits per heavy atom. The molecule has 5 nitrogen and oxygen atoms in total. The van der Waals surface area contributed by atoms with Crippen molar-refractivity contribution in [2.45, 2.75) is 50.1 Å². The average molecular weight is 370 g/mol. The van der Waals surface area contributed by atoms with Crippen molar-refractivity contribution in [3.8, 4) is 5.75 Å². The highest BCUT2D eigenvalue weighted by molar-refractivity contribution is 5.85. The lowest BCUT2D eigenvalue weighted by atomic mass is 9.67. The molecule has 6 rings (SSSR count). The Balaban J connectivity index is 1.50. The van der Waals surface area contributed by atoms with Gasteiger partial charge in [0.2, 0.25) is 5.91 Å². The molecule has 5 aliphatic rings. The number of likely N-dealkylation sites (tertiary alicyclic amines) is 1. The van der Waals surface area contributed by atoms with Crippen LogP contribution in [0.4, 0.5) is 0 Å². The summed E-state index contributed by atoms with van der Waals surface area (Å²) in [6.45, 7) is 3.61. The number of fused-ring (bicyclic) bond motifs is 2. The monoisotopic (exact) mass is 370 g/mol. The highest BCUT2D eigenvalue weighted by Crippen LogP contribution is 2.50. The van der Waals surface area contributed by atoms with Crippen LogP contribution in [-0.2, 0) is 9.53 Å². The zero-order valence-electron chi connectivity index (χ0n) is 16.1. The second kappa shape index (κ2) is 6.49. The van der Waals surface area contributed by atoms with E-state index in [0.717, 1.165) is 38.9 Å². The van der Waals surface area contributed by atoms with Crippen molar-refractivity contribution < 1.29 is 14.6 Å². The maximum Gasteiger partial charge on any atom is 0.231 e. The Morgan fingerprint density at radius 3 is 2.67 bits per heavy atom. The Morgan fingerprint density at radius 2 is 2.04 bits per heavy atom. The molecule has 27 heavy (non-hydrogen) atoms. The SMILES string of the molecule is COCC1(C(=O)N2C[C@@H](c3cccc(O)c3)[C@@H]3[C@H]2C2CCN3CC2)CCC1. The fourth-order valence-electron chi connectivity index (χ4n) is 6.31. The zero-order chi connectivity index (χ0) is 18.6. The van der Waals surface area contributed by atoms with Gasteiger partial charge in [-0.15, -0.1) is 0 Å². The van der Waals surface area contributed by atoms with E-state index in [2.05, 4.69) is 15.9 Å². The smallest absolute Gasteiger partial charge is 0.231 e. The first-order valence-electron chi connectivity index (χ1n) is 10.5. The summed E-state index contributed by atoms with van der Waals surface area (Å²) in [6, 6.07) is 8.39. The Bertz CT molecular complexity index is 724. The van der Waals surface area contributed by atoms with Gasteiger partial charge in [-0.2, -0.15) is 0 Å². The highest BCUT2D eigenvalue weighted by Gasteiger charge is 2.58. The number of rotatable bonds is 4. The minimum absolute atomic E-state index is 0.286. The Hall–Kier alpha value is -1.59. The third-order valence-corrected chi connectivity index (χ3v) is 7.74. The molecular weight excluding hydrogens is 340 g/mol. The van der Waals surface area contributed by atoms with E-state index in [1.165, 1.54) is 18.4 Å². The maximum absolute atomic E-state index is 13.7. The van der Waals surface area contributed by atoms with Crippen LogP contribution < -0.4 is 0 Å². The fraction of sp³-hybridized carbons (Fsp3) is 0.682. The molecular formula is C22H30N2O3. The lowest BCUT2D eigenvalue weighted by Gasteiger charge is -2.52. The number of phenols is 1. The normalized spacial score (nSPS) is 36.3. The highest BCUT2D eigenvalue weighted by atomic mass is 16.5. The predicted octanol–water partition coefficient (Wildman–Crippen LogP) is 2.60. The Kier molecular flexibility index (Phi) is 4.21. The maximum atomic E-state index is 13.7. The molecule has 0 aromatic heterocycles. The van der Waals surface area contributed by atoms with Gasteiger partial charge < -0.3 is 14.7 Å². The summed E-state index contributed by atoms with van der Waals surface area (Å²) in [5, 5.41) is 10.0. The number of ether oxygens (including phenoxy) is 1. The van der Waals surface area contributed by atoms with Gasteiger partial charge in [0, 0.05) is 25.6 Å². The van der Waals surface area contributed by atoms with Gasteiger partial charge in [-0.1, -0.05) is 18.6 Å². The van der Waals surface area contributed by atoms with Crippen LogP contribution in [0.1, 0.15) is 43.6 Å². The fourth-order valence-corrected chi connectivity index (χ4v) is 6.31. The number of hydrogen-bond donors (Lipinski definition) is 1. The molecule has 1 N–H and O–H groups in total. The summed E-state index contributed by atoms with van der Waals surface area (Å²) < 4.78 is 5.46. The summed E-state index contributed by atoms with van der Waals surface area (Å²) in [5.74, 6) is 1.54. The van der Waals surface area contributed by atoms with Gasteiger partial charge in [-0.05, 0) is 62.4 Å². The predicted molar refractivity (Wildman–Crippen MR) is 103 cm³/mol. The van der Waals surface area contributed by atoms with Crippen molar-refractivity contribution in [2.75, 3.05) is 33.4 Å². The molecule has 1 saturated carbocycles. The first kappa shape index (κ1) is 17.5. The Labute approximate surface area is 161 Å². The quantitative estimate of drug-likeness (QED) is 0.885. The van der Waals surface area contributed by atoms with Crippen LogP contribution in [0.3, 0.4) is 0 Å². The van der Waals surface area contributed by atoms with Crippen molar-refractivity contribution in [3.63, 3.8) is 0 Å². The van der Waals surface area contributed by atoms with Crippen LogP contribution in [0.2, 0.25) is 0 Å². The molecule has 0 spiro atoms. The van der Waals surface area contributed by atoms with Crippen molar-refractivity contribution in [2.24, 2.45) is 11.3 Å². The number of aromatic hydroxyl groups is 1. The van der Waals surface area contributed by atoms with Crippen molar-refractivity contribution in [3.05, 3.63) is 29.8 Å². The van der Waals surface area contributed by atoms with E-state index in [0.29, 0.717) is 36.3 Å². The van der Waals surface area contributed by atoms with Gasteiger partial charge in [0.1, 0.15) is 5.75 Å². The zero-order valence-corrected chi connectivity index (χ0v) is 16.1. The van der Waals surface area contributed by atoms with Gasteiger partial charge in [0.05, 0.1) is 18.1 Å². The molecule has 1 aromatic carbocycles. The van der Waals surface area contributed by atoms with E-state index in [4.69, 9.17) is 4.74 Å². The number of carbonyl (C=O) groups is 1. The summed E-state index contributed by atoms with van der Waals surface area (Å²) in [4.78, 5) is 18.5. The number of carbonyl (C=O) groups excluding carboxylic acids is 1. The van der Waals surface area contributed by atoms with E-state index in [-0.39, 0.29) is 11.3 Å². The van der Waals surface area contributed by atoms with Gasteiger partial charge >= 0.3 is 0 Å². The van der Waals surface area contributed by atoms with Crippen molar-refractivity contribution in [1.29, 1.82) is 0 Å². The van der Waals surface area contributed by atoms with E-state index in [1.54, 1.807) is 13.2 Å². The third-order valence-electron chi connectivity index (χ3n) is 7.74. The molecule has 1 amide bonds. The van der Waals surface area contributed by atoms with Crippen LogP contribution in [0.5, 0.6) is 5.75 Å². The largest absolute Gasteiger partial charge is 0.508 e. The number of piperidine rings is 3. The molecule has 5 heteroatoms. The summed E-state index contributed by atoms with van der Waals surface area (Å²) >= 11 is 0. The molecule has 146 valence electrons. The molecule has 0 radical (unpaired) electrons. The lowest BCUT2D eigenvalue weighted by molar-refractivity contribution is -0.156. The number of benzene rings is 1. The molecule has 4 heterocycles. The molecule has 2 bridgehead atoms. The average Bonchev–Trinajstić information content (AvgIpc) is 3.08. The second-order valence-corrected chi connectivity index (χ2v) is 9.08. The third kappa shape index (κ3) is 2.62. The molecule has 5 fully saturated rings. The van der Waals surface area contributed by atoms with Crippen molar-refractivity contribution in [1.82, 2.24) is 9.80 Å². The first-order valence-corrected chi connectivity index (χ1v) is 10.5. The van der Waals surface area contributed by atoms with E-state index < -0.39 is 0 Å². The van der Waals surface area contributed by atoms with Crippen LogP contribution in [0.25, 0.3) is 0 Å². The minimum Gasteiger partial charge on any atom is -0.508 e. The second-order valence-electron chi connectivity index (χ2n) is 9.08. The first-order chi connectivity index (χ1) is 13.1. The van der Waals surface area contributed by atoms with Crippen molar-refractivity contribution >= 4 is 5.91 Å². The van der Waals surface area contributed by atoms with Gasteiger partial charge in [-0.25, -0.2) is 0 Å². The standard InChI is InChI=1S/C22H30N2O3/c1-27-14-22(8-3-9-22)21(26)24-13-18(16-4-2-5-17(25)12-16)20-19(24)15-6-10-23(20)11-7-15/h2,4-5,12,15,18-20,25H,3,6-11,13-14H2,1H3/t18-,19+,20+/m0/s1. The number of nitrogens with zero attached hydrogens (tertiary/aromatic N) is 2. The van der Waals surface area contributed by atoms with Crippen LogP contribution in [0.15, 0.2) is 24.3 Å². The minimum atomic E-state index is -0.293. The summed E-state index contributed by atoms with van der Waals surface area (Å²) in [7, 11) is 1.71. The molecule has 4 saturated heterocycles. The molecule has 1 aliphatic carbocycles. The molecule has 1 aromatic rings. The summed E-state index contributed by atoms with van der Waals surface area (Å²) in [6.07, 6.45) is 5.45. The van der Waals surface area contributed by atoms with Crippen LogP contribution >= 0.6 is 0 Å².